The highest BCUT2D eigenvalue weighted by Crippen LogP contribution is 2.31. The monoisotopic (exact) mass is 249 g/mol. The van der Waals surface area contributed by atoms with E-state index in [1.54, 1.807) is 6.20 Å². The van der Waals surface area contributed by atoms with Crippen molar-refractivity contribution in [3.8, 4) is 11.1 Å². The highest BCUT2D eigenvalue weighted by atomic mass is 15.1. The number of H-pyrrole nitrogens is 1. The Bertz CT molecular complexity index is 887. The molecule has 0 aromatic carbocycles. The van der Waals surface area contributed by atoms with Crippen molar-refractivity contribution in [2.24, 2.45) is 7.05 Å². The molecule has 4 aromatic heterocycles. The van der Waals surface area contributed by atoms with Crippen molar-refractivity contribution in [2.45, 2.75) is 0 Å². The third kappa shape index (κ3) is 1.38. The van der Waals surface area contributed by atoms with Crippen molar-refractivity contribution < 1.29 is 0 Å². The topological polar surface area (TPSA) is 59.4 Å². The Hall–Kier alpha value is -2.69. The Labute approximate surface area is 108 Å². The van der Waals surface area contributed by atoms with Gasteiger partial charge in [-0.05, 0) is 29.3 Å². The molecule has 5 nitrogen and oxygen atoms in total. The summed E-state index contributed by atoms with van der Waals surface area (Å²) in [6.45, 7) is 0. The molecule has 0 aliphatic carbocycles. The van der Waals surface area contributed by atoms with Crippen LogP contribution < -0.4 is 0 Å². The van der Waals surface area contributed by atoms with Gasteiger partial charge in [0.05, 0.1) is 6.20 Å². The van der Waals surface area contributed by atoms with Crippen LogP contribution in [0.2, 0.25) is 0 Å². The maximum atomic E-state index is 4.42. The van der Waals surface area contributed by atoms with Gasteiger partial charge in [-0.2, -0.15) is 5.10 Å². The van der Waals surface area contributed by atoms with E-state index in [4.69, 9.17) is 0 Å². The molecule has 4 heterocycles. The zero-order chi connectivity index (χ0) is 12.8. The number of fused-ring (bicyclic) bond motifs is 2. The first-order chi connectivity index (χ1) is 9.34. The molecule has 0 amide bonds. The van der Waals surface area contributed by atoms with Gasteiger partial charge in [0.25, 0.3) is 0 Å². The quantitative estimate of drug-likeness (QED) is 0.564. The lowest BCUT2D eigenvalue weighted by Crippen LogP contribution is -1.89. The predicted octanol–water partition coefficient (Wildman–Crippen LogP) is 2.51. The normalized spacial score (nSPS) is 11.4. The lowest BCUT2D eigenvalue weighted by Gasteiger charge is -2.05. The number of aryl methyl sites for hydroxylation is 1. The third-order valence-corrected chi connectivity index (χ3v) is 3.41. The van der Waals surface area contributed by atoms with Gasteiger partial charge in [-0.1, -0.05) is 0 Å². The zero-order valence-corrected chi connectivity index (χ0v) is 10.3. The summed E-state index contributed by atoms with van der Waals surface area (Å²) >= 11 is 0. The van der Waals surface area contributed by atoms with Gasteiger partial charge >= 0.3 is 0 Å². The van der Waals surface area contributed by atoms with Gasteiger partial charge in [0.1, 0.15) is 5.65 Å². The number of hydrogen-bond donors (Lipinski definition) is 1. The molecule has 0 bridgehead atoms. The molecule has 0 atom stereocenters. The van der Waals surface area contributed by atoms with Gasteiger partial charge in [-0.15, -0.1) is 0 Å². The molecule has 0 unspecified atom stereocenters. The minimum Gasteiger partial charge on any atom is -0.336 e. The van der Waals surface area contributed by atoms with E-state index >= 15 is 0 Å². The first kappa shape index (κ1) is 10.3. The lowest BCUT2D eigenvalue weighted by molar-refractivity contribution is 0.949. The second kappa shape index (κ2) is 3.65. The summed E-state index contributed by atoms with van der Waals surface area (Å²) in [4.78, 5) is 8.69. The highest BCUT2D eigenvalue weighted by molar-refractivity contribution is 6.01. The number of hydrogen-bond acceptors (Lipinski definition) is 3. The molecule has 1 N–H and O–H groups in total. The van der Waals surface area contributed by atoms with Gasteiger partial charge in [0, 0.05) is 36.4 Å². The predicted molar refractivity (Wildman–Crippen MR) is 73.6 cm³/mol. The fourth-order valence-electron chi connectivity index (χ4n) is 2.49. The first-order valence-electron chi connectivity index (χ1n) is 6.03. The van der Waals surface area contributed by atoms with Crippen LogP contribution in [-0.4, -0.2) is 24.7 Å². The lowest BCUT2D eigenvalue weighted by atomic mass is 10.0. The molecule has 0 aliphatic rings. The molecule has 0 aliphatic heterocycles. The first-order valence-corrected chi connectivity index (χ1v) is 6.03. The molecule has 0 spiro atoms. The number of aromatic amines is 1. The smallest absolute Gasteiger partial charge is 0.155 e. The number of nitrogens with one attached hydrogen (secondary N) is 1. The van der Waals surface area contributed by atoms with Crippen LogP contribution in [0.3, 0.4) is 0 Å². The summed E-state index contributed by atoms with van der Waals surface area (Å²) in [5, 5.41) is 9.13. The van der Waals surface area contributed by atoms with Crippen molar-refractivity contribution in [1.29, 1.82) is 0 Å². The average molecular weight is 249 g/mol. The van der Waals surface area contributed by atoms with Gasteiger partial charge in [-0.3, -0.25) is 5.10 Å². The number of nitrogens with zero attached hydrogens (tertiary/aromatic N) is 4. The summed E-state index contributed by atoms with van der Waals surface area (Å²) < 4.78 is 2.02. The van der Waals surface area contributed by atoms with E-state index < -0.39 is 0 Å². The van der Waals surface area contributed by atoms with Gasteiger partial charge in [0.15, 0.2) is 5.65 Å². The van der Waals surface area contributed by atoms with E-state index in [0.717, 1.165) is 33.2 Å². The Morgan fingerprint density at radius 1 is 1.00 bits per heavy atom. The third-order valence-electron chi connectivity index (χ3n) is 3.41. The standard InChI is InChI=1S/C14H11N5/c1-19-7-4-11-9(3-6-16-14(11)19)10-2-5-15-13-12(10)8-17-18-13/h2-8H,1H3,(H,15,17,18). The molecule has 4 rings (SSSR count). The van der Waals surface area contributed by atoms with Crippen molar-refractivity contribution in [3.63, 3.8) is 0 Å². The fourth-order valence-corrected chi connectivity index (χ4v) is 2.49. The van der Waals surface area contributed by atoms with E-state index in [9.17, 15) is 0 Å². The molecule has 92 valence electrons. The van der Waals surface area contributed by atoms with E-state index in [1.165, 1.54) is 0 Å². The van der Waals surface area contributed by atoms with E-state index in [0.29, 0.717) is 0 Å². The molecular weight excluding hydrogens is 238 g/mol. The number of aromatic nitrogens is 5. The summed E-state index contributed by atoms with van der Waals surface area (Å²) in [5.74, 6) is 0. The second-order valence-corrected chi connectivity index (χ2v) is 4.51. The van der Waals surface area contributed by atoms with Crippen LogP contribution in [0.15, 0.2) is 43.0 Å². The van der Waals surface area contributed by atoms with Crippen molar-refractivity contribution in [2.75, 3.05) is 0 Å². The maximum Gasteiger partial charge on any atom is 0.155 e. The van der Waals surface area contributed by atoms with Crippen molar-refractivity contribution in [1.82, 2.24) is 24.7 Å². The summed E-state index contributed by atoms with van der Waals surface area (Å²) in [6.07, 6.45) is 7.47. The fraction of sp³-hybridized carbons (Fsp3) is 0.0714. The molecule has 0 fully saturated rings. The van der Waals surface area contributed by atoms with Crippen molar-refractivity contribution in [3.05, 3.63) is 43.0 Å². The Balaban J connectivity index is 2.12. The SMILES string of the molecule is Cn1ccc2c(-c3ccnc4[nH]ncc34)ccnc21. The Morgan fingerprint density at radius 2 is 1.79 bits per heavy atom. The van der Waals surface area contributed by atoms with E-state index in [-0.39, 0.29) is 0 Å². The Kier molecular flexibility index (Phi) is 1.97. The summed E-state index contributed by atoms with van der Waals surface area (Å²) in [5.41, 5.74) is 4.06. The van der Waals surface area contributed by atoms with E-state index in [2.05, 4.69) is 26.2 Å². The van der Waals surface area contributed by atoms with Crippen LogP contribution in [0.25, 0.3) is 33.2 Å². The molecule has 19 heavy (non-hydrogen) atoms. The zero-order valence-electron chi connectivity index (χ0n) is 10.3. The minimum absolute atomic E-state index is 0.804. The van der Waals surface area contributed by atoms with Crippen LogP contribution in [0.4, 0.5) is 0 Å². The van der Waals surface area contributed by atoms with Gasteiger partial charge in [0.2, 0.25) is 0 Å². The maximum absolute atomic E-state index is 4.42. The number of rotatable bonds is 1. The minimum atomic E-state index is 0.804. The van der Waals surface area contributed by atoms with Crippen LogP contribution in [0, 0.1) is 0 Å². The number of pyridine rings is 2. The molecule has 0 saturated heterocycles. The van der Waals surface area contributed by atoms with Gasteiger partial charge in [-0.25, -0.2) is 9.97 Å². The molecule has 4 aromatic rings. The molecular formula is C14H11N5. The summed E-state index contributed by atoms with van der Waals surface area (Å²) in [6, 6.07) is 6.13. The average Bonchev–Trinajstić information content (AvgIpc) is 3.05. The molecule has 5 heteroatoms. The van der Waals surface area contributed by atoms with Crippen LogP contribution in [-0.2, 0) is 7.05 Å². The van der Waals surface area contributed by atoms with Crippen molar-refractivity contribution >= 4 is 22.1 Å². The van der Waals surface area contributed by atoms with Gasteiger partial charge < -0.3 is 4.57 Å². The Morgan fingerprint density at radius 3 is 2.68 bits per heavy atom. The largest absolute Gasteiger partial charge is 0.336 e. The van der Waals surface area contributed by atoms with E-state index in [1.807, 2.05) is 42.3 Å². The molecule has 0 radical (unpaired) electrons. The second-order valence-electron chi connectivity index (χ2n) is 4.51. The molecule has 0 saturated carbocycles. The van der Waals surface area contributed by atoms with Crippen LogP contribution >= 0.6 is 0 Å². The summed E-state index contributed by atoms with van der Waals surface area (Å²) in [7, 11) is 2.00. The highest BCUT2D eigenvalue weighted by Gasteiger charge is 2.11. The van der Waals surface area contributed by atoms with Crippen LogP contribution in [0.1, 0.15) is 0 Å². The van der Waals surface area contributed by atoms with Crippen LogP contribution in [0.5, 0.6) is 0 Å².